The molecule has 0 bridgehead atoms. The number of hydrogen-bond donors (Lipinski definition) is 0. The van der Waals surface area contributed by atoms with E-state index in [-0.39, 0.29) is 38.7 Å². The van der Waals surface area contributed by atoms with E-state index < -0.39 is 0 Å². The molecule has 5 heteroatoms. The molecule has 0 amide bonds. The molecule has 1 fully saturated rings. The summed E-state index contributed by atoms with van der Waals surface area (Å²) in [6.07, 6.45) is 0. The number of para-hydroxylation sites is 2. The van der Waals surface area contributed by atoms with Gasteiger partial charge in [0.05, 0.1) is 17.6 Å². The quantitative estimate of drug-likeness (QED) is 0.150. The molecular weight excluding hydrogens is 724 g/mol. The molecular formula is C37H57N2PtSi2-. The second-order valence-electron chi connectivity index (χ2n) is 12.5. The molecule has 3 rings (SSSR count). The molecule has 0 N–H and O–H groups in total. The van der Waals surface area contributed by atoms with E-state index in [9.17, 15) is 0 Å². The summed E-state index contributed by atoms with van der Waals surface area (Å²) in [5.74, 6) is 2.06. The van der Waals surface area contributed by atoms with Gasteiger partial charge in [0.25, 0.3) is 0 Å². The van der Waals surface area contributed by atoms with Crippen molar-refractivity contribution in [3.63, 3.8) is 0 Å². The maximum absolute atomic E-state index is 3.45. The maximum Gasteiger partial charge on any atom is 0.0797 e. The number of nitrogens with zero attached hydrogens (tertiary/aromatic N) is 2. The van der Waals surface area contributed by atoms with Crippen molar-refractivity contribution < 1.29 is 21.1 Å². The van der Waals surface area contributed by atoms with Crippen LogP contribution >= 0.6 is 0 Å². The van der Waals surface area contributed by atoms with Gasteiger partial charge in [0.2, 0.25) is 0 Å². The van der Waals surface area contributed by atoms with Crippen molar-refractivity contribution in [3.05, 3.63) is 101 Å². The predicted octanol–water partition coefficient (Wildman–Crippen LogP) is 10.9. The normalized spacial score (nSPS) is 12.5. The molecule has 2 nitrogen and oxygen atoms in total. The van der Waals surface area contributed by atoms with Gasteiger partial charge in [0.15, 0.2) is 0 Å². The van der Waals surface area contributed by atoms with E-state index in [1.807, 2.05) is 11.4 Å². The molecule has 0 aliphatic carbocycles. The van der Waals surface area contributed by atoms with E-state index in [2.05, 4.69) is 159 Å². The van der Waals surface area contributed by atoms with Gasteiger partial charge < -0.3 is 9.80 Å². The first-order chi connectivity index (χ1) is 19.3. The van der Waals surface area contributed by atoms with Gasteiger partial charge in [-0.2, -0.15) is 6.67 Å². The Labute approximate surface area is 278 Å². The minimum atomic E-state index is -0.184. The SMILES string of the molecule is C=C=C[Si](C)C.C=C=C[Si](C)C.CC(C)c1cccc(C(C)C)c1N1[CH-]N(c2c(C(C)C)cccc2C(C)C)CC1.[Pt]. The topological polar surface area (TPSA) is 6.48 Å². The third kappa shape index (κ3) is 12.4. The smallest absolute Gasteiger partial charge is 0.0797 e. The van der Waals surface area contributed by atoms with Crippen LogP contribution in [0.25, 0.3) is 0 Å². The van der Waals surface area contributed by atoms with Crippen molar-refractivity contribution in [2.45, 2.75) is 105 Å². The fourth-order valence-electron chi connectivity index (χ4n) is 4.93. The third-order valence-electron chi connectivity index (χ3n) is 6.90. The second-order valence-corrected chi connectivity index (χ2v) is 17.4. The zero-order chi connectivity index (χ0) is 31.3. The zero-order valence-electron chi connectivity index (χ0n) is 28.5. The average molecular weight is 781 g/mol. The van der Waals surface area contributed by atoms with Gasteiger partial charge >= 0.3 is 0 Å². The summed E-state index contributed by atoms with van der Waals surface area (Å²) in [7, 11) is -0.368. The van der Waals surface area contributed by atoms with Gasteiger partial charge in [-0.15, -0.1) is 11.5 Å². The molecule has 0 spiro atoms. The Morgan fingerprint density at radius 1 is 0.619 bits per heavy atom. The number of rotatable bonds is 8. The molecule has 1 saturated heterocycles. The molecule has 42 heavy (non-hydrogen) atoms. The summed E-state index contributed by atoms with van der Waals surface area (Å²) in [6, 6.07) is 13.7. The first-order valence-corrected chi connectivity index (χ1v) is 20.4. The Kier molecular flexibility index (Phi) is 19.3. The zero-order valence-corrected chi connectivity index (χ0v) is 32.8. The Hall–Kier alpha value is -1.80. The second kappa shape index (κ2) is 20.2. The average Bonchev–Trinajstić information content (AvgIpc) is 3.38. The third-order valence-corrected chi connectivity index (χ3v) is 8.46. The minimum Gasteiger partial charge on any atom is -0.502 e. The summed E-state index contributed by atoms with van der Waals surface area (Å²) in [5.41, 5.74) is 18.2. The Morgan fingerprint density at radius 3 is 1.05 bits per heavy atom. The van der Waals surface area contributed by atoms with Crippen molar-refractivity contribution in [1.29, 1.82) is 0 Å². The van der Waals surface area contributed by atoms with Crippen LogP contribution in [0.3, 0.4) is 0 Å². The van der Waals surface area contributed by atoms with Crippen molar-refractivity contribution in [2.75, 3.05) is 22.9 Å². The fourth-order valence-corrected chi connectivity index (χ4v) is 5.75. The molecule has 1 aliphatic heterocycles. The summed E-state index contributed by atoms with van der Waals surface area (Å²) in [6.45, 7) is 38.6. The van der Waals surface area contributed by atoms with Gasteiger partial charge in [-0.3, -0.25) is 0 Å². The van der Waals surface area contributed by atoms with Crippen LogP contribution in [0.2, 0.25) is 26.2 Å². The van der Waals surface area contributed by atoms with Crippen LogP contribution < -0.4 is 9.80 Å². The van der Waals surface area contributed by atoms with Crippen LogP contribution in [-0.4, -0.2) is 30.7 Å². The molecule has 1 aliphatic rings. The van der Waals surface area contributed by atoms with Crippen LogP contribution in [0.5, 0.6) is 0 Å². The number of anilines is 2. The van der Waals surface area contributed by atoms with Crippen molar-refractivity contribution in [1.82, 2.24) is 0 Å². The van der Waals surface area contributed by atoms with Crippen molar-refractivity contribution in [3.8, 4) is 0 Å². The molecule has 2 aromatic carbocycles. The summed E-state index contributed by atoms with van der Waals surface area (Å²) < 4.78 is 0. The molecule has 0 unspecified atom stereocenters. The maximum atomic E-state index is 3.45. The van der Waals surface area contributed by atoms with Crippen LogP contribution in [-0.2, 0) is 21.1 Å². The van der Waals surface area contributed by atoms with Crippen LogP contribution in [0, 0.1) is 6.67 Å². The number of hydrogen-bond acceptors (Lipinski definition) is 2. The van der Waals surface area contributed by atoms with Gasteiger partial charge in [-0.05, 0) is 45.9 Å². The van der Waals surface area contributed by atoms with E-state index in [1.165, 1.54) is 33.6 Å². The fraction of sp³-hybridized carbons (Fsp3) is 0.486. The van der Waals surface area contributed by atoms with Crippen LogP contribution in [0.15, 0.2) is 72.4 Å². The molecule has 2 aromatic rings. The van der Waals surface area contributed by atoms with E-state index in [0.29, 0.717) is 23.7 Å². The minimum absolute atomic E-state index is 0. The van der Waals surface area contributed by atoms with E-state index in [0.717, 1.165) is 13.1 Å². The van der Waals surface area contributed by atoms with Crippen molar-refractivity contribution in [2.24, 2.45) is 0 Å². The van der Waals surface area contributed by atoms with Gasteiger partial charge in [0.1, 0.15) is 0 Å². The van der Waals surface area contributed by atoms with E-state index in [1.54, 1.807) is 0 Å². The standard InChI is InChI=1S/C27H39N2.2C5H9Si.Pt/c1-18(2)22-11-9-12-23(19(3)4)26(22)28-15-16-29(17-28)27-24(20(5)6)13-10-14-25(27)21(7)8;2*1-4-5-6(2)3;/h9-14,17-21H,15-16H2,1-8H3;2*5H,1H2,2-3H3;/q-1;;;. The van der Waals surface area contributed by atoms with Crippen LogP contribution in [0.4, 0.5) is 11.4 Å². The van der Waals surface area contributed by atoms with Crippen molar-refractivity contribution >= 4 is 29.0 Å². The van der Waals surface area contributed by atoms with Gasteiger partial charge in [-0.25, -0.2) is 0 Å². The Morgan fingerprint density at radius 2 is 0.881 bits per heavy atom. The first-order valence-electron chi connectivity index (χ1n) is 15.2. The van der Waals surface area contributed by atoms with E-state index >= 15 is 0 Å². The molecule has 0 saturated carbocycles. The van der Waals surface area contributed by atoms with Gasteiger partial charge in [-0.1, -0.05) is 143 Å². The summed E-state index contributed by atoms with van der Waals surface area (Å²) >= 11 is 0. The van der Waals surface area contributed by atoms with Crippen LogP contribution in [0.1, 0.15) is 101 Å². The molecule has 1 heterocycles. The summed E-state index contributed by atoms with van der Waals surface area (Å²) in [4.78, 5) is 5.01. The molecule has 0 aromatic heterocycles. The Bertz CT molecular complexity index is 1030. The molecule has 0 atom stereocenters. The Balaban J connectivity index is 0.00000109. The first kappa shape index (κ1) is 40.2. The molecule has 234 valence electrons. The van der Waals surface area contributed by atoms with Gasteiger partial charge in [0, 0.05) is 45.5 Å². The predicted molar refractivity (Wildman–Crippen MR) is 191 cm³/mol. The van der Waals surface area contributed by atoms with E-state index in [4.69, 9.17) is 0 Å². The molecule has 2 radical (unpaired) electrons. The monoisotopic (exact) mass is 780 g/mol. The largest absolute Gasteiger partial charge is 0.502 e. The summed E-state index contributed by atoms with van der Waals surface area (Å²) in [5, 5.41) is 0. The number of benzene rings is 2.